The van der Waals surface area contributed by atoms with Gasteiger partial charge < -0.3 is 10.7 Å². The molecular formula is C19H17N3O. The number of nitrogens with two attached hydrogens (primary N) is 1. The number of carbonyl (C=O) groups is 1. The van der Waals surface area contributed by atoms with Gasteiger partial charge in [-0.3, -0.25) is 9.36 Å². The fraction of sp³-hybridized carbons (Fsp3) is 0.105. The van der Waals surface area contributed by atoms with E-state index in [0.717, 1.165) is 33.1 Å². The number of fused-ring (bicyclic) bond motifs is 2. The summed E-state index contributed by atoms with van der Waals surface area (Å²) in [6.45, 7) is 1.95. The van der Waals surface area contributed by atoms with E-state index < -0.39 is 0 Å². The predicted octanol–water partition coefficient (Wildman–Crippen LogP) is 3.90. The van der Waals surface area contributed by atoms with Gasteiger partial charge in [0.15, 0.2) is 0 Å². The summed E-state index contributed by atoms with van der Waals surface area (Å²) in [5.41, 5.74) is 10.5. The summed E-state index contributed by atoms with van der Waals surface area (Å²) in [6.07, 6.45) is 2.28. The topological polar surface area (TPSA) is 63.8 Å². The Balaban J connectivity index is 1.72. The van der Waals surface area contributed by atoms with Crippen molar-refractivity contribution in [2.24, 2.45) is 0 Å². The Morgan fingerprint density at radius 2 is 1.96 bits per heavy atom. The molecule has 0 aliphatic heterocycles. The maximum atomic E-state index is 12.8. The van der Waals surface area contributed by atoms with E-state index in [0.29, 0.717) is 12.1 Å². The van der Waals surface area contributed by atoms with Gasteiger partial charge in [-0.25, -0.2) is 0 Å². The van der Waals surface area contributed by atoms with Crippen LogP contribution in [0, 0.1) is 6.92 Å². The van der Waals surface area contributed by atoms with Crippen LogP contribution in [0.3, 0.4) is 0 Å². The molecule has 2 heterocycles. The molecule has 0 atom stereocenters. The summed E-state index contributed by atoms with van der Waals surface area (Å²) in [5.74, 6) is 0.0668. The molecule has 23 heavy (non-hydrogen) atoms. The molecule has 4 rings (SSSR count). The van der Waals surface area contributed by atoms with Gasteiger partial charge in [-0.05, 0) is 60.3 Å². The fourth-order valence-corrected chi connectivity index (χ4v) is 3.17. The Morgan fingerprint density at radius 3 is 2.83 bits per heavy atom. The van der Waals surface area contributed by atoms with E-state index in [-0.39, 0.29) is 5.91 Å². The van der Waals surface area contributed by atoms with Crippen LogP contribution >= 0.6 is 0 Å². The highest BCUT2D eigenvalue weighted by atomic mass is 16.2. The highest BCUT2D eigenvalue weighted by Crippen LogP contribution is 2.23. The van der Waals surface area contributed by atoms with Crippen LogP contribution in [0.1, 0.15) is 16.1 Å². The molecule has 4 nitrogen and oxygen atoms in total. The molecule has 0 fully saturated rings. The van der Waals surface area contributed by atoms with E-state index in [2.05, 4.69) is 11.1 Å². The van der Waals surface area contributed by atoms with Crippen LogP contribution in [0.5, 0.6) is 0 Å². The molecule has 4 heteroatoms. The minimum absolute atomic E-state index is 0.0668. The molecule has 4 aromatic rings. The van der Waals surface area contributed by atoms with Crippen molar-refractivity contribution in [3.05, 3.63) is 66.0 Å². The van der Waals surface area contributed by atoms with Crippen molar-refractivity contribution < 1.29 is 4.79 Å². The molecule has 2 aromatic heterocycles. The molecular weight excluding hydrogens is 286 g/mol. The van der Waals surface area contributed by atoms with Crippen LogP contribution in [0.4, 0.5) is 5.69 Å². The van der Waals surface area contributed by atoms with E-state index in [4.69, 9.17) is 5.73 Å². The smallest absolute Gasteiger partial charge is 0.235 e. The SMILES string of the molecule is Cc1cc2cc(N)ccc2n1C(=O)Cc1ccc2[nH]ccc2c1. The van der Waals surface area contributed by atoms with E-state index in [1.165, 1.54) is 0 Å². The number of carbonyl (C=O) groups excluding carboxylic acids is 1. The van der Waals surface area contributed by atoms with Crippen LogP contribution in [0.15, 0.2) is 54.7 Å². The zero-order valence-corrected chi connectivity index (χ0v) is 12.8. The van der Waals surface area contributed by atoms with Gasteiger partial charge in [0.2, 0.25) is 5.91 Å². The quantitative estimate of drug-likeness (QED) is 0.552. The first-order valence-electron chi connectivity index (χ1n) is 7.58. The summed E-state index contributed by atoms with van der Waals surface area (Å²) in [7, 11) is 0. The molecule has 2 aromatic carbocycles. The van der Waals surface area contributed by atoms with E-state index >= 15 is 0 Å². The predicted molar refractivity (Wildman–Crippen MR) is 93.7 cm³/mol. The number of hydrogen-bond acceptors (Lipinski definition) is 2. The number of nitrogen functional groups attached to an aromatic ring is 1. The average molecular weight is 303 g/mol. The van der Waals surface area contributed by atoms with Crippen LogP contribution in [-0.2, 0) is 6.42 Å². The Bertz CT molecular complexity index is 1040. The Kier molecular flexibility index (Phi) is 2.98. The number of H-pyrrole nitrogens is 1. The number of benzene rings is 2. The van der Waals surface area contributed by atoms with Crippen molar-refractivity contribution >= 4 is 33.4 Å². The first kappa shape index (κ1) is 13.6. The number of aromatic nitrogens is 2. The lowest BCUT2D eigenvalue weighted by atomic mass is 10.1. The van der Waals surface area contributed by atoms with Crippen molar-refractivity contribution in [2.45, 2.75) is 13.3 Å². The van der Waals surface area contributed by atoms with Crippen molar-refractivity contribution in [2.75, 3.05) is 5.73 Å². The number of aromatic amines is 1. The summed E-state index contributed by atoms with van der Waals surface area (Å²) in [6, 6.07) is 15.7. The standard InChI is InChI=1S/C19H17N3O/c1-12-8-15-11-16(20)3-5-18(15)22(12)19(23)10-13-2-4-17-14(9-13)6-7-21-17/h2-9,11,21H,10,20H2,1H3. The summed E-state index contributed by atoms with van der Waals surface area (Å²) < 4.78 is 1.77. The minimum atomic E-state index is 0.0668. The van der Waals surface area contributed by atoms with E-state index in [1.807, 2.05) is 55.6 Å². The van der Waals surface area contributed by atoms with Crippen LogP contribution in [-0.4, -0.2) is 15.5 Å². The van der Waals surface area contributed by atoms with Crippen LogP contribution in [0.25, 0.3) is 21.8 Å². The molecule has 114 valence electrons. The maximum Gasteiger partial charge on any atom is 0.235 e. The summed E-state index contributed by atoms with van der Waals surface area (Å²) in [4.78, 5) is 16.0. The third kappa shape index (κ3) is 2.28. The number of nitrogens with zero attached hydrogens (tertiary/aromatic N) is 1. The van der Waals surface area contributed by atoms with Crippen molar-refractivity contribution in [1.82, 2.24) is 9.55 Å². The normalized spacial score (nSPS) is 11.3. The van der Waals surface area contributed by atoms with Gasteiger partial charge in [0.1, 0.15) is 0 Å². The second-order valence-corrected chi connectivity index (χ2v) is 5.91. The first-order chi connectivity index (χ1) is 11.1. The molecule has 0 aliphatic carbocycles. The summed E-state index contributed by atoms with van der Waals surface area (Å²) in [5, 5.41) is 2.12. The monoisotopic (exact) mass is 303 g/mol. The lowest BCUT2D eigenvalue weighted by Gasteiger charge is -2.07. The summed E-state index contributed by atoms with van der Waals surface area (Å²) >= 11 is 0. The number of nitrogens with one attached hydrogen (secondary N) is 1. The zero-order chi connectivity index (χ0) is 16.0. The lowest BCUT2D eigenvalue weighted by molar-refractivity contribution is 0.0917. The van der Waals surface area contributed by atoms with E-state index in [9.17, 15) is 4.79 Å². The molecule has 0 saturated heterocycles. The lowest BCUT2D eigenvalue weighted by Crippen LogP contribution is -2.14. The molecule has 0 saturated carbocycles. The van der Waals surface area contributed by atoms with Crippen molar-refractivity contribution in [1.29, 1.82) is 0 Å². The second-order valence-electron chi connectivity index (χ2n) is 5.91. The Morgan fingerprint density at radius 1 is 1.09 bits per heavy atom. The van der Waals surface area contributed by atoms with Gasteiger partial charge in [0, 0.05) is 28.5 Å². The largest absolute Gasteiger partial charge is 0.399 e. The number of anilines is 1. The number of hydrogen-bond donors (Lipinski definition) is 2. The molecule has 0 aliphatic rings. The maximum absolute atomic E-state index is 12.8. The van der Waals surface area contributed by atoms with Gasteiger partial charge in [-0.15, -0.1) is 0 Å². The average Bonchev–Trinajstić information content (AvgIpc) is 3.09. The molecule has 0 amide bonds. The molecule has 0 unspecified atom stereocenters. The fourth-order valence-electron chi connectivity index (χ4n) is 3.17. The van der Waals surface area contributed by atoms with Crippen LogP contribution < -0.4 is 5.73 Å². The van der Waals surface area contributed by atoms with Gasteiger partial charge in [0.05, 0.1) is 11.9 Å². The van der Waals surface area contributed by atoms with Gasteiger partial charge in [-0.2, -0.15) is 0 Å². The third-order valence-electron chi connectivity index (χ3n) is 4.23. The minimum Gasteiger partial charge on any atom is -0.399 e. The van der Waals surface area contributed by atoms with Gasteiger partial charge in [-0.1, -0.05) is 6.07 Å². The van der Waals surface area contributed by atoms with Gasteiger partial charge in [0.25, 0.3) is 0 Å². The Labute approximate surface area is 133 Å². The van der Waals surface area contributed by atoms with Gasteiger partial charge >= 0.3 is 0 Å². The Hall–Kier alpha value is -3.01. The van der Waals surface area contributed by atoms with E-state index in [1.54, 1.807) is 4.57 Å². The second kappa shape index (κ2) is 5.02. The van der Waals surface area contributed by atoms with Crippen molar-refractivity contribution in [3.8, 4) is 0 Å². The third-order valence-corrected chi connectivity index (χ3v) is 4.23. The highest BCUT2D eigenvalue weighted by Gasteiger charge is 2.13. The first-order valence-corrected chi connectivity index (χ1v) is 7.58. The molecule has 0 bridgehead atoms. The van der Waals surface area contributed by atoms with Crippen LogP contribution in [0.2, 0.25) is 0 Å². The molecule has 0 spiro atoms. The van der Waals surface area contributed by atoms with Crippen molar-refractivity contribution in [3.63, 3.8) is 0 Å². The number of aryl methyl sites for hydroxylation is 1. The zero-order valence-electron chi connectivity index (χ0n) is 12.8. The highest BCUT2D eigenvalue weighted by molar-refractivity contribution is 5.96. The number of rotatable bonds is 2. The molecule has 0 radical (unpaired) electrons. The molecule has 3 N–H and O–H groups in total.